The summed E-state index contributed by atoms with van der Waals surface area (Å²) < 4.78 is 2.16. The molecule has 18 heavy (non-hydrogen) atoms. The molecule has 0 aliphatic carbocycles. The molecule has 0 aromatic heterocycles. The van der Waals surface area contributed by atoms with Crippen molar-refractivity contribution in [3.63, 3.8) is 0 Å². The minimum absolute atomic E-state index is 0.149. The molecule has 88 valence electrons. The number of rotatable bonds is 1. The van der Waals surface area contributed by atoms with Crippen molar-refractivity contribution in [2.45, 2.75) is 6.92 Å². The molecule has 2 heteroatoms. The first kappa shape index (κ1) is 11.5. The van der Waals surface area contributed by atoms with Gasteiger partial charge in [-0.25, -0.2) is 0 Å². The van der Waals surface area contributed by atoms with Gasteiger partial charge in [-0.15, -0.1) is 0 Å². The van der Waals surface area contributed by atoms with Gasteiger partial charge in [-0.1, -0.05) is 0 Å². The zero-order valence-corrected chi connectivity index (χ0v) is 11.7. The van der Waals surface area contributed by atoms with Gasteiger partial charge in [0.2, 0.25) is 0 Å². The normalized spacial score (nSPS) is 16.1. The molecule has 0 amide bonds. The van der Waals surface area contributed by atoms with Crippen LogP contribution in [-0.4, -0.2) is 20.7 Å². The number of aryl methyl sites for hydroxylation is 1. The van der Waals surface area contributed by atoms with Crippen molar-refractivity contribution in [3.05, 3.63) is 69.7 Å². The van der Waals surface area contributed by atoms with Crippen LogP contribution in [0, 0.1) is 6.92 Å². The van der Waals surface area contributed by atoms with Gasteiger partial charge in [-0.2, -0.15) is 0 Å². The van der Waals surface area contributed by atoms with Crippen LogP contribution in [0.15, 0.2) is 53.0 Å². The Morgan fingerprint density at radius 2 is 1.72 bits per heavy atom. The van der Waals surface area contributed by atoms with Crippen LogP contribution in [0.5, 0.6) is 0 Å². The van der Waals surface area contributed by atoms with Crippen LogP contribution in [0.2, 0.25) is 0 Å². The Labute approximate surface area is 113 Å². The number of carbonyl (C=O) groups excluding carboxylic acids is 1. The van der Waals surface area contributed by atoms with E-state index in [4.69, 9.17) is 0 Å². The molecule has 0 unspecified atom stereocenters. The number of Topliss-reactive ketones (excluding diaryl/α,β-unsaturated/α-hetero) is 1. The molecule has 0 radical (unpaired) electrons. The van der Waals surface area contributed by atoms with Gasteiger partial charge in [0.1, 0.15) is 0 Å². The number of hydrogen-bond donors (Lipinski definition) is 0. The average molecular weight is 299 g/mol. The zero-order valence-electron chi connectivity index (χ0n) is 10.0. The van der Waals surface area contributed by atoms with Crippen LogP contribution in [0.4, 0.5) is 0 Å². The monoisotopic (exact) mass is 300 g/mol. The molecular formula is C16H12OSe. The first-order chi connectivity index (χ1) is 8.75. The standard InChI is InChI=1S/C16H12OSe/c1-11-6-2-3-7-12(11)10-15-16(17)13-8-4-5-9-14(13)18-15/h2-10H,1H3/b15-10-. The molecule has 1 aliphatic rings. The van der Waals surface area contributed by atoms with Crippen LogP contribution in [-0.2, 0) is 0 Å². The maximum atomic E-state index is 12.3. The van der Waals surface area contributed by atoms with Crippen LogP contribution in [0.25, 0.3) is 6.08 Å². The van der Waals surface area contributed by atoms with Crippen LogP contribution >= 0.6 is 0 Å². The van der Waals surface area contributed by atoms with E-state index in [0.29, 0.717) is 0 Å². The summed E-state index contributed by atoms with van der Waals surface area (Å²) in [6.07, 6.45) is 2.05. The number of ketones is 1. The number of hydrogen-bond acceptors (Lipinski definition) is 1. The Kier molecular flexibility index (Phi) is 2.91. The summed E-state index contributed by atoms with van der Waals surface area (Å²) in [4.78, 5) is 12.3. The summed E-state index contributed by atoms with van der Waals surface area (Å²) in [5.41, 5.74) is 3.25. The molecule has 2 aromatic rings. The van der Waals surface area contributed by atoms with Gasteiger partial charge >= 0.3 is 113 Å². The number of carbonyl (C=O) groups is 1. The molecule has 1 aliphatic heterocycles. The van der Waals surface area contributed by atoms with Gasteiger partial charge in [0.15, 0.2) is 0 Å². The fraction of sp³-hybridized carbons (Fsp3) is 0.0625. The quantitative estimate of drug-likeness (QED) is 0.584. The fourth-order valence-corrected chi connectivity index (χ4v) is 4.21. The van der Waals surface area contributed by atoms with Gasteiger partial charge in [0.25, 0.3) is 0 Å². The average Bonchev–Trinajstić information content (AvgIpc) is 2.70. The first-order valence-electron chi connectivity index (χ1n) is 5.84. The second-order valence-electron chi connectivity index (χ2n) is 4.29. The number of benzene rings is 2. The van der Waals surface area contributed by atoms with Crippen LogP contribution < -0.4 is 4.46 Å². The van der Waals surface area contributed by atoms with Gasteiger partial charge in [0, 0.05) is 0 Å². The topological polar surface area (TPSA) is 17.1 Å². The summed E-state index contributed by atoms with van der Waals surface area (Å²) in [7, 11) is 0. The third-order valence-electron chi connectivity index (χ3n) is 3.05. The zero-order chi connectivity index (χ0) is 12.5. The molecule has 1 heterocycles. The van der Waals surface area contributed by atoms with E-state index in [2.05, 4.69) is 31.2 Å². The second kappa shape index (κ2) is 4.56. The van der Waals surface area contributed by atoms with E-state index >= 15 is 0 Å². The third kappa shape index (κ3) is 1.94. The van der Waals surface area contributed by atoms with Crippen molar-refractivity contribution >= 4 is 31.3 Å². The molecule has 0 spiro atoms. The predicted octanol–water partition coefficient (Wildman–Crippen LogP) is 2.56. The molecule has 2 aromatic carbocycles. The van der Waals surface area contributed by atoms with E-state index in [9.17, 15) is 4.79 Å². The number of allylic oxidation sites excluding steroid dienone is 1. The van der Waals surface area contributed by atoms with Gasteiger partial charge in [-0.05, 0) is 0 Å². The Hall–Kier alpha value is -1.63. The van der Waals surface area contributed by atoms with Crippen LogP contribution in [0.1, 0.15) is 21.5 Å². The Balaban J connectivity index is 2.02. The van der Waals surface area contributed by atoms with E-state index < -0.39 is 0 Å². The Morgan fingerprint density at radius 1 is 1.00 bits per heavy atom. The third-order valence-corrected chi connectivity index (χ3v) is 5.36. The van der Waals surface area contributed by atoms with Crippen molar-refractivity contribution in [1.29, 1.82) is 0 Å². The van der Waals surface area contributed by atoms with Crippen molar-refractivity contribution in [2.24, 2.45) is 0 Å². The van der Waals surface area contributed by atoms with E-state index in [1.54, 1.807) is 0 Å². The van der Waals surface area contributed by atoms with Crippen molar-refractivity contribution in [3.8, 4) is 0 Å². The molecular weight excluding hydrogens is 287 g/mol. The van der Waals surface area contributed by atoms with Gasteiger partial charge in [-0.3, -0.25) is 0 Å². The first-order valence-corrected chi connectivity index (χ1v) is 7.56. The summed E-state index contributed by atoms with van der Waals surface area (Å²) in [5, 5.41) is 0. The SMILES string of the molecule is Cc1ccccc1/C=C1\[Se]c2ccccc2C1=O. The predicted molar refractivity (Wildman–Crippen MR) is 75.3 cm³/mol. The number of fused-ring (bicyclic) bond motifs is 1. The molecule has 0 N–H and O–H groups in total. The minimum atomic E-state index is 0.149. The molecule has 0 saturated carbocycles. The fourth-order valence-electron chi connectivity index (χ4n) is 2.03. The van der Waals surface area contributed by atoms with E-state index in [0.717, 1.165) is 15.6 Å². The van der Waals surface area contributed by atoms with Crippen LogP contribution in [0.3, 0.4) is 0 Å². The van der Waals surface area contributed by atoms with E-state index in [1.165, 1.54) is 10.0 Å². The molecule has 0 atom stereocenters. The van der Waals surface area contributed by atoms with Gasteiger partial charge in [0.05, 0.1) is 0 Å². The van der Waals surface area contributed by atoms with Crippen molar-refractivity contribution in [1.82, 2.24) is 0 Å². The molecule has 0 saturated heterocycles. The maximum absolute atomic E-state index is 12.3. The van der Waals surface area contributed by atoms with E-state index in [-0.39, 0.29) is 20.7 Å². The van der Waals surface area contributed by atoms with Crippen molar-refractivity contribution in [2.75, 3.05) is 0 Å². The summed E-state index contributed by atoms with van der Waals surface area (Å²) in [6.45, 7) is 2.08. The summed E-state index contributed by atoms with van der Waals surface area (Å²) in [6, 6.07) is 16.1. The molecule has 0 fully saturated rings. The molecule has 0 bridgehead atoms. The Bertz CT molecular complexity index is 656. The molecule has 1 nitrogen and oxygen atoms in total. The van der Waals surface area contributed by atoms with Crippen molar-refractivity contribution < 1.29 is 4.79 Å². The van der Waals surface area contributed by atoms with E-state index in [1.807, 2.05) is 30.3 Å². The Morgan fingerprint density at radius 3 is 2.50 bits per heavy atom. The summed E-state index contributed by atoms with van der Waals surface area (Å²) >= 11 is 0.149. The second-order valence-corrected chi connectivity index (χ2v) is 6.57. The molecule has 3 rings (SSSR count). The summed E-state index contributed by atoms with van der Waals surface area (Å²) in [5.74, 6) is 0.203. The van der Waals surface area contributed by atoms with Gasteiger partial charge < -0.3 is 0 Å².